The molecule has 2 aliphatic heterocycles. The van der Waals surface area contributed by atoms with E-state index in [1.165, 1.54) is 12.1 Å². The van der Waals surface area contributed by atoms with Gasteiger partial charge in [-0.25, -0.2) is 4.98 Å². The molecule has 6 heteroatoms. The van der Waals surface area contributed by atoms with Crippen LogP contribution in [0, 0.1) is 19.3 Å². The van der Waals surface area contributed by atoms with Gasteiger partial charge in [-0.15, -0.1) is 11.3 Å². The van der Waals surface area contributed by atoms with Crippen LogP contribution in [0.25, 0.3) is 0 Å². The van der Waals surface area contributed by atoms with E-state index < -0.39 is 0 Å². The van der Waals surface area contributed by atoms with Crippen LogP contribution >= 0.6 is 11.3 Å². The molecule has 5 nitrogen and oxygen atoms in total. The van der Waals surface area contributed by atoms with Crippen molar-refractivity contribution < 1.29 is 9.21 Å². The summed E-state index contributed by atoms with van der Waals surface area (Å²) in [7, 11) is 0. The second-order valence-corrected chi connectivity index (χ2v) is 8.56. The van der Waals surface area contributed by atoms with Gasteiger partial charge >= 0.3 is 0 Å². The molecule has 134 valence electrons. The number of hydrogen-bond donors (Lipinski definition) is 0. The monoisotopic (exact) mass is 359 g/mol. The van der Waals surface area contributed by atoms with Crippen molar-refractivity contribution in [3.8, 4) is 0 Å². The van der Waals surface area contributed by atoms with Crippen LogP contribution in [0.2, 0.25) is 0 Å². The number of rotatable bonds is 3. The van der Waals surface area contributed by atoms with E-state index in [0.717, 1.165) is 56.3 Å². The molecule has 0 saturated carbocycles. The van der Waals surface area contributed by atoms with Crippen molar-refractivity contribution in [2.45, 2.75) is 39.7 Å². The van der Waals surface area contributed by atoms with E-state index in [1.807, 2.05) is 11.8 Å². The molecule has 2 aromatic heterocycles. The molecule has 1 amide bonds. The number of aryl methyl sites for hydroxylation is 2. The van der Waals surface area contributed by atoms with E-state index in [1.54, 1.807) is 23.7 Å². The van der Waals surface area contributed by atoms with Gasteiger partial charge in [-0.2, -0.15) is 0 Å². The van der Waals surface area contributed by atoms with Crippen LogP contribution in [0.1, 0.15) is 46.1 Å². The summed E-state index contributed by atoms with van der Waals surface area (Å²) in [4.78, 5) is 21.8. The SMILES string of the molecule is Cc1nc(CN2CCC3(CCN(C(=O)c4ccoc4C)CC3)C2)cs1. The fourth-order valence-corrected chi connectivity index (χ4v) is 4.85. The largest absolute Gasteiger partial charge is 0.469 e. The molecule has 0 radical (unpaired) electrons. The fourth-order valence-electron chi connectivity index (χ4n) is 4.24. The number of amides is 1. The third-order valence-electron chi connectivity index (χ3n) is 5.77. The maximum Gasteiger partial charge on any atom is 0.257 e. The molecule has 0 unspecified atom stereocenters. The number of carbonyl (C=O) groups is 1. The van der Waals surface area contributed by atoms with E-state index in [-0.39, 0.29) is 5.91 Å². The Bertz CT molecular complexity index is 758. The van der Waals surface area contributed by atoms with E-state index >= 15 is 0 Å². The van der Waals surface area contributed by atoms with Crippen LogP contribution in [0.3, 0.4) is 0 Å². The van der Waals surface area contributed by atoms with Crippen LogP contribution in [0.4, 0.5) is 0 Å². The number of hydrogen-bond acceptors (Lipinski definition) is 5. The number of piperidine rings is 1. The van der Waals surface area contributed by atoms with E-state index in [9.17, 15) is 4.79 Å². The summed E-state index contributed by atoms with van der Waals surface area (Å²) in [6.45, 7) is 8.87. The first-order valence-corrected chi connectivity index (χ1v) is 9.89. The first-order valence-electron chi connectivity index (χ1n) is 9.01. The standard InChI is InChI=1S/C19H25N3O2S/c1-14-17(3-10-24-14)18(23)22-8-5-19(6-9-22)4-7-21(13-19)11-16-12-25-15(2)20-16/h3,10,12H,4-9,11,13H2,1-2H3. The van der Waals surface area contributed by atoms with Gasteiger partial charge in [0, 0.05) is 31.6 Å². The van der Waals surface area contributed by atoms with E-state index in [0.29, 0.717) is 11.0 Å². The summed E-state index contributed by atoms with van der Waals surface area (Å²) < 4.78 is 5.28. The Labute approximate surface area is 152 Å². The number of furan rings is 1. The predicted octanol–water partition coefficient (Wildman–Crippen LogP) is 3.48. The Balaban J connectivity index is 1.34. The molecule has 2 aliphatic rings. The van der Waals surface area contributed by atoms with Gasteiger partial charge in [0.05, 0.1) is 22.5 Å². The van der Waals surface area contributed by atoms with Crippen molar-refractivity contribution in [1.29, 1.82) is 0 Å². The lowest BCUT2D eigenvalue weighted by Gasteiger charge is -2.39. The molecule has 4 heterocycles. The summed E-state index contributed by atoms with van der Waals surface area (Å²) in [6.07, 6.45) is 5.04. The number of likely N-dealkylation sites (tertiary alicyclic amines) is 2. The highest BCUT2D eigenvalue weighted by atomic mass is 32.1. The Morgan fingerprint density at radius 2 is 2.04 bits per heavy atom. The summed E-state index contributed by atoms with van der Waals surface area (Å²) >= 11 is 1.73. The lowest BCUT2D eigenvalue weighted by Crippen LogP contribution is -2.44. The molecule has 1 spiro atoms. The van der Waals surface area contributed by atoms with Crippen LogP contribution in [0.5, 0.6) is 0 Å². The minimum atomic E-state index is 0.119. The first-order chi connectivity index (χ1) is 12.0. The zero-order valence-electron chi connectivity index (χ0n) is 15.0. The molecule has 0 bridgehead atoms. The van der Waals surface area contributed by atoms with Crippen molar-refractivity contribution in [2.75, 3.05) is 26.2 Å². The Kier molecular flexibility index (Phi) is 4.41. The second kappa shape index (κ2) is 6.57. The van der Waals surface area contributed by atoms with Gasteiger partial charge in [0.15, 0.2) is 0 Å². The maximum atomic E-state index is 12.6. The lowest BCUT2D eigenvalue weighted by molar-refractivity contribution is 0.0586. The predicted molar refractivity (Wildman–Crippen MR) is 97.8 cm³/mol. The number of aromatic nitrogens is 1. The zero-order valence-corrected chi connectivity index (χ0v) is 15.8. The Morgan fingerprint density at radius 1 is 1.28 bits per heavy atom. The highest BCUT2D eigenvalue weighted by Crippen LogP contribution is 2.41. The minimum Gasteiger partial charge on any atom is -0.469 e. The number of carbonyl (C=O) groups excluding carboxylic acids is 1. The third-order valence-corrected chi connectivity index (χ3v) is 6.59. The van der Waals surface area contributed by atoms with Crippen molar-refractivity contribution in [3.63, 3.8) is 0 Å². The molecule has 2 fully saturated rings. The molecule has 2 saturated heterocycles. The van der Waals surface area contributed by atoms with Crippen molar-refractivity contribution in [2.24, 2.45) is 5.41 Å². The van der Waals surface area contributed by atoms with Crippen molar-refractivity contribution in [1.82, 2.24) is 14.8 Å². The second-order valence-electron chi connectivity index (χ2n) is 7.50. The maximum absolute atomic E-state index is 12.6. The third kappa shape index (κ3) is 3.37. The topological polar surface area (TPSA) is 49.6 Å². The fraction of sp³-hybridized carbons (Fsp3) is 0.579. The van der Waals surface area contributed by atoms with Gasteiger partial charge in [0.1, 0.15) is 5.76 Å². The molecule has 2 aromatic rings. The van der Waals surface area contributed by atoms with Gasteiger partial charge in [0.2, 0.25) is 0 Å². The lowest BCUT2D eigenvalue weighted by atomic mass is 9.77. The van der Waals surface area contributed by atoms with Crippen molar-refractivity contribution in [3.05, 3.63) is 39.7 Å². The molecule has 0 N–H and O–H groups in total. The van der Waals surface area contributed by atoms with Gasteiger partial charge in [0.25, 0.3) is 5.91 Å². The van der Waals surface area contributed by atoms with Gasteiger partial charge in [-0.1, -0.05) is 0 Å². The molecule has 0 aromatic carbocycles. The highest BCUT2D eigenvalue weighted by Gasteiger charge is 2.41. The van der Waals surface area contributed by atoms with Gasteiger partial charge in [-0.3, -0.25) is 9.69 Å². The van der Waals surface area contributed by atoms with Gasteiger partial charge in [-0.05, 0) is 51.1 Å². The van der Waals surface area contributed by atoms with Crippen LogP contribution in [-0.2, 0) is 6.54 Å². The van der Waals surface area contributed by atoms with Gasteiger partial charge < -0.3 is 9.32 Å². The van der Waals surface area contributed by atoms with E-state index in [2.05, 4.69) is 22.2 Å². The summed E-state index contributed by atoms with van der Waals surface area (Å²) in [5.41, 5.74) is 2.29. The highest BCUT2D eigenvalue weighted by molar-refractivity contribution is 7.09. The van der Waals surface area contributed by atoms with Crippen molar-refractivity contribution >= 4 is 17.2 Å². The molecule has 0 atom stereocenters. The zero-order chi connectivity index (χ0) is 17.4. The normalized spacial score (nSPS) is 20.5. The summed E-state index contributed by atoms with van der Waals surface area (Å²) in [5.74, 6) is 0.838. The summed E-state index contributed by atoms with van der Waals surface area (Å²) in [5, 5.41) is 3.32. The van der Waals surface area contributed by atoms with Crippen LogP contribution in [0.15, 0.2) is 22.1 Å². The smallest absolute Gasteiger partial charge is 0.257 e. The van der Waals surface area contributed by atoms with E-state index in [4.69, 9.17) is 4.42 Å². The number of nitrogens with zero attached hydrogens (tertiary/aromatic N) is 3. The van der Waals surface area contributed by atoms with Crippen LogP contribution < -0.4 is 0 Å². The Morgan fingerprint density at radius 3 is 2.68 bits per heavy atom. The average molecular weight is 359 g/mol. The average Bonchev–Trinajstić information content (AvgIpc) is 3.30. The molecular formula is C19H25N3O2S. The molecule has 0 aliphatic carbocycles. The first kappa shape index (κ1) is 16.8. The molecule has 25 heavy (non-hydrogen) atoms. The van der Waals surface area contributed by atoms with Crippen LogP contribution in [-0.4, -0.2) is 46.9 Å². The number of thiazole rings is 1. The minimum absolute atomic E-state index is 0.119. The molecular weight excluding hydrogens is 334 g/mol. The Hall–Kier alpha value is -1.66. The molecule has 4 rings (SSSR count). The summed E-state index contributed by atoms with van der Waals surface area (Å²) in [6, 6.07) is 1.79. The quantitative estimate of drug-likeness (QED) is 0.842.